The number of carbonyl (C=O) groups is 2. The van der Waals surface area contributed by atoms with E-state index in [-0.39, 0.29) is 17.8 Å². The number of Topliss-reactive ketones (excluding diaryl/α,β-unsaturated/α-hetero) is 1. The number of hydrogen-bond donors (Lipinski definition) is 0. The fourth-order valence-electron chi connectivity index (χ4n) is 3.35. The monoisotopic (exact) mass is 430 g/mol. The summed E-state index contributed by atoms with van der Waals surface area (Å²) in [6.45, 7) is 3.18. The van der Waals surface area contributed by atoms with Gasteiger partial charge in [-0.05, 0) is 32.0 Å². The zero-order chi connectivity index (χ0) is 22.6. The summed E-state index contributed by atoms with van der Waals surface area (Å²) in [6, 6.07) is 8.54. The zero-order valence-electron chi connectivity index (χ0n) is 18.3. The van der Waals surface area contributed by atoms with Crippen molar-refractivity contribution < 1.29 is 38.0 Å². The number of para-hydroxylation sites is 1. The standard InChI is InChI=1S/C23H26O8/c1-23(2)11-14-7-6-8-17(21(14)31-23)29-13-20(25)30-12-16(24)15-9-18(26-3)22(28-5)19(10-15)27-4/h6-10H,11-13H2,1-5H3. The number of esters is 1. The van der Waals surface area contributed by atoms with E-state index in [4.69, 9.17) is 28.4 Å². The Hall–Kier alpha value is -3.42. The van der Waals surface area contributed by atoms with E-state index in [9.17, 15) is 9.59 Å². The Kier molecular flexibility index (Phi) is 6.58. The largest absolute Gasteiger partial charge is 0.493 e. The van der Waals surface area contributed by atoms with E-state index in [0.29, 0.717) is 28.7 Å². The minimum absolute atomic E-state index is 0.264. The molecule has 0 saturated heterocycles. The molecule has 0 aliphatic carbocycles. The third-order valence-corrected chi connectivity index (χ3v) is 4.75. The van der Waals surface area contributed by atoms with Crippen LogP contribution in [0.15, 0.2) is 30.3 Å². The number of methoxy groups -OCH3 is 3. The van der Waals surface area contributed by atoms with Gasteiger partial charge in [-0.2, -0.15) is 0 Å². The molecule has 3 rings (SSSR count). The topological polar surface area (TPSA) is 89.5 Å². The molecule has 166 valence electrons. The molecule has 2 aromatic carbocycles. The van der Waals surface area contributed by atoms with Gasteiger partial charge in [-0.15, -0.1) is 0 Å². The van der Waals surface area contributed by atoms with Crippen molar-refractivity contribution >= 4 is 11.8 Å². The number of ether oxygens (including phenoxy) is 6. The van der Waals surface area contributed by atoms with Gasteiger partial charge in [0.25, 0.3) is 0 Å². The molecule has 31 heavy (non-hydrogen) atoms. The van der Waals surface area contributed by atoms with E-state index in [0.717, 1.165) is 12.0 Å². The molecule has 1 heterocycles. The van der Waals surface area contributed by atoms with Gasteiger partial charge in [0.05, 0.1) is 21.3 Å². The quantitative estimate of drug-likeness (QED) is 0.443. The van der Waals surface area contributed by atoms with Crippen LogP contribution < -0.4 is 23.7 Å². The van der Waals surface area contributed by atoms with Gasteiger partial charge in [0.15, 0.2) is 36.2 Å². The molecule has 2 aromatic rings. The van der Waals surface area contributed by atoms with Crippen LogP contribution in [0.4, 0.5) is 0 Å². The summed E-state index contributed by atoms with van der Waals surface area (Å²) >= 11 is 0. The van der Waals surface area contributed by atoms with E-state index in [1.54, 1.807) is 6.07 Å². The van der Waals surface area contributed by atoms with Crippen LogP contribution in [0.5, 0.6) is 28.7 Å². The van der Waals surface area contributed by atoms with Crippen molar-refractivity contribution in [1.29, 1.82) is 0 Å². The van der Waals surface area contributed by atoms with Crippen LogP contribution in [-0.4, -0.2) is 51.9 Å². The predicted molar refractivity (Wildman–Crippen MR) is 112 cm³/mol. The zero-order valence-corrected chi connectivity index (χ0v) is 18.3. The Morgan fingerprint density at radius 2 is 1.65 bits per heavy atom. The van der Waals surface area contributed by atoms with Crippen LogP contribution in [0, 0.1) is 0 Å². The lowest BCUT2D eigenvalue weighted by atomic mass is 10.0. The molecule has 0 unspecified atom stereocenters. The maximum Gasteiger partial charge on any atom is 0.344 e. The van der Waals surface area contributed by atoms with E-state index < -0.39 is 18.4 Å². The number of carbonyl (C=O) groups excluding carboxylic acids is 2. The summed E-state index contributed by atoms with van der Waals surface area (Å²) in [4.78, 5) is 24.6. The van der Waals surface area contributed by atoms with Gasteiger partial charge in [-0.3, -0.25) is 4.79 Å². The molecular weight excluding hydrogens is 404 g/mol. The molecule has 0 atom stereocenters. The van der Waals surface area contributed by atoms with Gasteiger partial charge in [0.2, 0.25) is 11.5 Å². The van der Waals surface area contributed by atoms with Crippen molar-refractivity contribution in [3.8, 4) is 28.7 Å². The van der Waals surface area contributed by atoms with Crippen molar-refractivity contribution in [2.75, 3.05) is 34.5 Å². The van der Waals surface area contributed by atoms with Crippen LogP contribution in [0.25, 0.3) is 0 Å². The van der Waals surface area contributed by atoms with Gasteiger partial charge in [-0.1, -0.05) is 12.1 Å². The fourth-order valence-corrected chi connectivity index (χ4v) is 3.35. The Morgan fingerprint density at radius 3 is 2.26 bits per heavy atom. The second-order valence-electron chi connectivity index (χ2n) is 7.57. The van der Waals surface area contributed by atoms with Crippen molar-refractivity contribution in [3.05, 3.63) is 41.5 Å². The van der Waals surface area contributed by atoms with Gasteiger partial charge >= 0.3 is 5.97 Å². The molecule has 0 saturated carbocycles. The molecule has 0 spiro atoms. The first kappa shape index (κ1) is 22.3. The first-order valence-electron chi connectivity index (χ1n) is 9.70. The first-order chi connectivity index (χ1) is 14.8. The van der Waals surface area contributed by atoms with E-state index in [1.165, 1.54) is 33.5 Å². The summed E-state index contributed by atoms with van der Waals surface area (Å²) in [6.07, 6.45) is 0.757. The summed E-state index contributed by atoms with van der Waals surface area (Å²) in [5.41, 5.74) is 0.961. The average Bonchev–Trinajstić information content (AvgIpc) is 3.09. The van der Waals surface area contributed by atoms with Gasteiger partial charge in [0.1, 0.15) is 5.60 Å². The minimum atomic E-state index is -0.671. The molecule has 0 radical (unpaired) electrons. The summed E-state index contributed by atoms with van der Waals surface area (Å²) in [5, 5.41) is 0. The molecule has 0 amide bonds. The van der Waals surface area contributed by atoms with Crippen molar-refractivity contribution in [1.82, 2.24) is 0 Å². The van der Waals surface area contributed by atoms with E-state index in [1.807, 2.05) is 26.0 Å². The Morgan fingerprint density at radius 1 is 0.968 bits per heavy atom. The van der Waals surface area contributed by atoms with E-state index >= 15 is 0 Å². The summed E-state index contributed by atoms with van der Waals surface area (Å²) in [5.74, 6) is 1.05. The lowest BCUT2D eigenvalue weighted by molar-refractivity contribution is -0.144. The predicted octanol–water partition coefficient (Wildman–Crippen LogP) is 3.23. The Bertz CT molecular complexity index is 955. The molecule has 0 bridgehead atoms. The number of rotatable bonds is 9. The molecule has 0 aromatic heterocycles. The summed E-state index contributed by atoms with van der Waals surface area (Å²) < 4.78 is 32.3. The lowest BCUT2D eigenvalue weighted by Gasteiger charge is -2.18. The van der Waals surface area contributed by atoms with Crippen LogP contribution in [0.1, 0.15) is 29.8 Å². The molecule has 0 N–H and O–H groups in total. The molecule has 1 aliphatic heterocycles. The molecule has 8 heteroatoms. The third kappa shape index (κ3) is 5.02. The van der Waals surface area contributed by atoms with E-state index in [2.05, 4.69) is 0 Å². The van der Waals surface area contributed by atoms with Crippen LogP contribution in [-0.2, 0) is 16.0 Å². The average molecular weight is 430 g/mol. The molecule has 8 nitrogen and oxygen atoms in total. The second-order valence-corrected chi connectivity index (χ2v) is 7.57. The highest BCUT2D eigenvalue weighted by molar-refractivity contribution is 5.99. The fraction of sp³-hybridized carbons (Fsp3) is 0.391. The normalized spacial score (nSPS) is 13.6. The molecule has 1 aliphatic rings. The van der Waals surface area contributed by atoms with Crippen molar-refractivity contribution in [2.24, 2.45) is 0 Å². The molecule has 0 fully saturated rings. The Labute approximate surface area is 181 Å². The highest BCUT2D eigenvalue weighted by Crippen LogP contribution is 2.41. The summed E-state index contributed by atoms with van der Waals surface area (Å²) in [7, 11) is 4.37. The number of fused-ring (bicyclic) bond motifs is 1. The van der Waals surface area contributed by atoms with Crippen LogP contribution in [0.3, 0.4) is 0 Å². The van der Waals surface area contributed by atoms with Crippen LogP contribution >= 0.6 is 0 Å². The third-order valence-electron chi connectivity index (χ3n) is 4.75. The first-order valence-corrected chi connectivity index (χ1v) is 9.70. The van der Waals surface area contributed by atoms with Gasteiger partial charge in [-0.25, -0.2) is 4.79 Å². The maximum atomic E-state index is 12.5. The van der Waals surface area contributed by atoms with Gasteiger partial charge in [0, 0.05) is 17.5 Å². The maximum absolute atomic E-state index is 12.5. The second kappa shape index (κ2) is 9.16. The molecular formula is C23H26O8. The highest BCUT2D eigenvalue weighted by atomic mass is 16.6. The minimum Gasteiger partial charge on any atom is -0.493 e. The highest BCUT2D eigenvalue weighted by Gasteiger charge is 2.32. The van der Waals surface area contributed by atoms with Gasteiger partial charge < -0.3 is 28.4 Å². The number of benzene rings is 2. The number of ketones is 1. The lowest BCUT2D eigenvalue weighted by Crippen LogP contribution is -2.25. The SMILES string of the molecule is COc1cc(C(=O)COC(=O)COc2cccc3c2OC(C)(C)C3)cc(OC)c1OC. The smallest absolute Gasteiger partial charge is 0.344 e. The number of hydrogen-bond acceptors (Lipinski definition) is 8. The van der Waals surface area contributed by atoms with Crippen LogP contribution in [0.2, 0.25) is 0 Å². The Balaban J connectivity index is 1.59. The van der Waals surface area contributed by atoms with Crippen molar-refractivity contribution in [2.45, 2.75) is 25.9 Å². The van der Waals surface area contributed by atoms with Crippen molar-refractivity contribution in [3.63, 3.8) is 0 Å².